The van der Waals surface area contributed by atoms with Crippen LogP contribution in [0, 0.1) is 0 Å². The van der Waals surface area contributed by atoms with Crippen molar-refractivity contribution in [3.63, 3.8) is 0 Å². The SMILES string of the molecule is COc1ccc2c(CC(=O)NCCCN3CCCCCC3=O)coc2c1. The van der Waals surface area contributed by atoms with E-state index in [1.807, 2.05) is 23.1 Å². The molecule has 0 aliphatic carbocycles. The highest BCUT2D eigenvalue weighted by Gasteiger charge is 2.16. The van der Waals surface area contributed by atoms with Gasteiger partial charge in [0, 0.05) is 43.1 Å². The molecule has 2 heterocycles. The van der Waals surface area contributed by atoms with Crippen LogP contribution < -0.4 is 10.1 Å². The highest BCUT2D eigenvalue weighted by Crippen LogP contribution is 2.25. The molecule has 0 saturated carbocycles. The maximum atomic E-state index is 12.2. The minimum atomic E-state index is -0.0364. The number of carbonyl (C=O) groups is 2. The lowest BCUT2D eigenvalue weighted by Crippen LogP contribution is -2.34. The van der Waals surface area contributed by atoms with Gasteiger partial charge in [0.05, 0.1) is 19.8 Å². The zero-order chi connectivity index (χ0) is 18.4. The fraction of sp³-hybridized carbons (Fsp3) is 0.500. The van der Waals surface area contributed by atoms with Crippen LogP contribution in [-0.4, -0.2) is 43.5 Å². The maximum Gasteiger partial charge on any atom is 0.224 e. The van der Waals surface area contributed by atoms with Crippen molar-refractivity contribution in [2.75, 3.05) is 26.7 Å². The van der Waals surface area contributed by atoms with Crippen LogP contribution >= 0.6 is 0 Å². The Bertz CT molecular complexity index is 768. The molecule has 0 atom stereocenters. The van der Waals surface area contributed by atoms with Gasteiger partial charge in [-0.15, -0.1) is 0 Å². The topological polar surface area (TPSA) is 71.8 Å². The van der Waals surface area contributed by atoms with Gasteiger partial charge in [-0.2, -0.15) is 0 Å². The van der Waals surface area contributed by atoms with Crippen molar-refractivity contribution < 1.29 is 18.7 Å². The Morgan fingerprint density at radius 2 is 2.19 bits per heavy atom. The molecule has 1 fully saturated rings. The average molecular weight is 358 g/mol. The molecule has 6 heteroatoms. The number of rotatable bonds is 7. The van der Waals surface area contributed by atoms with Crippen LogP contribution in [0.15, 0.2) is 28.9 Å². The summed E-state index contributed by atoms with van der Waals surface area (Å²) in [5.74, 6) is 0.936. The molecular formula is C20H26N2O4. The Morgan fingerprint density at radius 3 is 3.04 bits per heavy atom. The number of fused-ring (bicyclic) bond motifs is 1. The van der Waals surface area contributed by atoms with Gasteiger partial charge in [-0.1, -0.05) is 6.42 Å². The number of nitrogens with one attached hydrogen (secondary N) is 1. The second-order valence-electron chi connectivity index (χ2n) is 6.69. The summed E-state index contributed by atoms with van der Waals surface area (Å²) in [4.78, 5) is 26.1. The minimum absolute atomic E-state index is 0.0364. The van der Waals surface area contributed by atoms with E-state index < -0.39 is 0 Å². The van der Waals surface area contributed by atoms with Crippen molar-refractivity contribution in [3.8, 4) is 5.75 Å². The molecule has 1 aliphatic heterocycles. The first-order valence-corrected chi connectivity index (χ1v) is 9.26. The molecule has 0 bridgehead atoms. The normalized spacial score (nSPS) is 15.1. The van der Waals surface area contributed by atoms with E-state index in [1.165, 1.54) is 0 Å². The molecule has 140 valence electrons. The summed E-state index contributed by atoms with van der Waals surface area (Å²) >= 11 is 0. The molecule has 1 aromatic heterocycles. The largest absolute Gasteiger partial charge is 0.497 e. The van der Waals surface area contributed by atoms with Crippen molar-refractivity contribution in [2.45, 2.75) is 38.5 Å². The number of furan rings is 1. The Hall–Kier alpha value is -2.50. The summed E-state index contributed by atoms with van der Waals surface area (Å²) in [6.45, 7) is 2.14. The predicted octanol–water partition coefficient (Wildman–Crippen LogP) is 2.89. The third-order valence-electron chi connectivity index (χ3n) is 4.81. The summed E-state index contributed by atoms with van der Waals surface area (Å²) in [6.07, 6.45) is 6.55. The van der Waals surface area contributed by atoms with Gasteiger partial charge in [-0.3, -0.25) is 9.59 Å². The number of hydrogen-bond acceptors (Lipinski definition) is 4. The monoisotopic (exact) mass is 358 g/mol. The Kier molecular flexibility index (Phi) is 6.15. The van der Waals surface area contributed by atoms with E-state index >= 15 is 0 Å². The summed E-state index contributed by atoms with van der Waals surface area (Å²) in [5.41, 5.74) is 1.58. The molecule has 2 aromatic rings. The number of nitrogens with zero attached hydrogens (tertiary/aromatic N) is 1. The molecule has 0 unspecified atom stereocenters. The Morgan fingerprint density at radius 1 is 1.31 bits per heavy atom. The fourth-order valence-corrected chi connectivity index (χ4v) is 3.34. The van der Waals surface area contributed by atoms with E-state index in [1.54, 1.807) is 13.4 Å². The van der Waals surface area contributed by atoms with E-state index in [0.29, 0.717) is 25.1 Å². The molecule has 0 spiro atoms. The summed E-state index contributed by atoms with van der Waals surface area (Å²) in [6, 6.07) is 5.58. The van der Waals surface area contributed by atoms with Crippen molar-refractivity contribution in [1.82, 2.24) is 10.2 Å². The number of benzene rings is 1. The van der Waals surface area contributed by atoms with Crippen molar-refractivity contribution >= 4 is 22.8 Å². The highest BCUT2D eigenvalue weighted by atomic mass is 16.5. The molecule has 2 amide bonds. The quantitative estimate of drug-likeness (QED) is 0.773. The first-order chi connectivity index (χ1) is 12.7. The van der Waals surface area contributed by atoms with Gasteiger partial charge in [-0.05, 0) is 31.4 Å². The van der Waals surface area contributed by atoms with Gasteiger partial charge in [0.1, 0.15) is 11.3 Å². The van der Waals surface area contributed by atoms with E-state index in [4.69, 9.17) is 9.15 Å². The van der Waals surface area contributed by atoms with E-state index in [0.717, 1.165) is 48.9 Å². The van der Waals surface area contributed by atoms with Gasteiger partial charge in [-0.25, -0.2) is 0 Å². The molecule has 1 aliphatic rings. The average Bonchev–Trinajstić information content (AvgIpc) is 2.92. The van der Waals surface area contributed by atoms with Crippen LogP contribution in [0.5, 0.6) is 5.75 Å². The van der Waals surface area contributed by atoms with E-state index in [2.05, 4.69) is 5.32 Å². The predicted molar refractivity (Wildman–Crippen MR) is 99.1 cm³/mol. The van der Waals surface area contributed by atoms with Crippen LogP contribution in [-0.2, 0) is 16.0 Å². The van der Waals surface area contributed by atoms with E-state index in [9.17, 15) is 9.59 Å². The maximum absolute atomic E-state index is 12.2. The molecule has 3 rings (SSSR count). The smallest absolute Gasteiger partial charge is 0.224 e. The lowest BCUT2D eigenvalue weighted by molar-refractivity contribution is -0.130. The number of likely N-dealkylation sites (tertiary alicyclic amines) is 1. The summed E-state index contributed by atoms with van der Waals surface area (Å²) < 4.78 is 10.7. The minimum Gasteiger partial charge on any atom is -0.497 e. The lowest BCUT2D eigenvalue weighted by Gasteiger charge is -2.20. The second-order valence-corrected chi connectivity index (χ2v) is 6.69. The van der Waals surface area contributed by atoms with Gasteiger partial charge < -0.3 is 19.4 Å². The second kappa shape index (κ2) is 8.74. The molecular weight excluding hydrogens is 332 g/mol. The third kappa shape index (κ3) is 4.56. The number of carbonyl (C=O) groups excluding carboxylic acids is 2. The number of hydrogen-bond donors (Lipinski definition) is 1. The van der Waals surface area contributed by atoms with Crippen molar-refractivity contribution in [3.05, 3.63) is 30.0 Å². The number of amides is 2. The molecule has 1 saturated heterocycles. The van der Waals surface area contributed by atoms with Crippen LogP contribution in [0.25, 0.3) is 11.0 Å². The lowest BCUT2D eigenvalue weighted by atomic mass is 10.1. The first-order valence-electron chi connectivity index (χ1n) is 9.26. The Labute approximate surface area is 153 Å². The Balaban J connectivity index is 1.45. The van der Waals surface area contributed by atoms with E-state index in [-0.39, 0.29) is 18.2 Å². The molecule has 0 radical (unpaired) electrons. The van der Waals surface area contributed by atoms with Crippen LogP contribution in [0.4, 0.5) is 0 Å². The summed E-state index contributed by atoms with van der Waals surface area (Å²) in [5, 5.41) is 3.86. The molecule has 6 nitrogen and oxygen atoms in total. The summed E-state index contributed by atoms with van der Waals surface area (Å²) in [7, 11) is 1.61. The zero-order valence-electron chi connectivity index (χ0n) is 15.3. The molecule has 1 N–H and O–H groups in total. The van der Waals surface area contributed by atoms with Gasteiger partial charge >= 0.3 is 0 Å². The number of methoxy groups -OCH3 is 1. The van der Waals surface area contributed by atoms with Gasteiger partial charge in [0.15, 0.2) is 0 Å². The zero-order valence-corrected chi connectivity index (χ0v) is 15.3. The standard InChI is InChI=1S/C20H26N2O4/c1-25-16-7-8-17-15(14-26-18(17)13-16)12-19(23)21-9-5-11-22-10-4-2-3-6-20(22)24/h7-8,13-14H,2-6,9-12H2,1H3,(H,21,23). The van der Waals surface area contributed by atoms with Crippen LogP contribution in [0.3, 0.4) is 0 Å². The van der Waals surface area contributed by atoms with Crippen LogP contribution in [0.1, 0.15) is 37.7 Å². The van der Waals surface area contributed by atoms with Crippen molar-refractivity contribution in [2.24, 2.45) is 0 Å². The number of ether oxygens (including phenoxy) is 1. The first kappa shape index (κ1) is 18.3. The molecule has 1 aromatic carbocycles. The molecule has 26 heavy (non-hydrogen) atoms. The van der Waals surface area contributed by atoms with Gasteiger partial charge in [0.25, 0.3) is 0 Å². The van der Waals surface area contributed by atoms with Crippen LogP contribution in [0.2, 0.25) is 0 Å². The third-order valence-corrected chi connectivity index (χ3v) is 4.81. The fourth-order valence-electron chi connectivity index (χ4n) is 3.34. The van der Waals surface area contributed by atoms with Crippen molar-refractivity contribution in [1.29, 1.82) is 0 Å². The van der Waals surface area contributed by atoms with Gasteiger partial charge in [0.2, 0.25) is 11.8 Å². The highest BCUT2D eigenvalue weighted by molar-refractivity contribution is 5.88.